The lowest BCUT2D eigenvalue weighted by Gasteiger charge is -2.26. The molecule has 0 unspecified atom stereocenters. The number of hydroxylamine groups is 2. The van der Waals surface area contributed by atoms with Gasteiger partial charge < -0.3 is 4.74 Å². The van der Waals surface area contributed by atoms with Crippen molar-refractivity contribution in [3.8, 4) is 0 Å². The van der Waals surface area contributed by atoms with Crippen LogP contribution in [0.15, 0.2) is 23.4 Å². The van der Waals surface area contributed by atoms with Crippen molar-refractivity contribution in [3.05, 3.63) is 23.4 Å². The normalized spacial score (nSPS) is 17.0. The molecule has 0 fully saturated rings. The molecule has 1 heterocycles. The van der Waals surface area contributed by atoms with Crippen LogP contribution in [0.4, 0.5) is 0 Å². The number of rotatable bonds is 1. The van der Waals surface area contributed by atoms with Crippen molar-refractivity contribution in [2.45, 2.75) is 33.3 Å². The van der Waals surface area contributed by atoms with E-state index >= 15 is 0 Å². The summed E-state index contributed by atoms with van der Waals surface area (Å²) in [6.07, 6.45) is 3.58. The molecule has 84 valence electrons. The Hall–Kier alpha value is -1.29. The van der Waals surface area contributed by atoms with Crippen molar-refractivity contribution in [1.29, 1.82) is 0 Å². The lowest BCUT2D eigenvalue weighted by Crippen LogP contribution is -2.33. The molecule has 0 aromatic carbocycles. The van der Waals surface area contributed by atoms with Gasteiger partial charge in [-0.2, -0.15) is 0 Å². The first-order chi connectivity index (χ1) is 6.81. The summed E-state index contributed by atoms with van der Waals surface area (Å²) < 4.78 is 5.19. The fourth-order valence-corrected chi connectivity index (χ4v) is 1.30. The Balaban J connectivity index is 2.87. The highest BCUT2D eigenvalue weighted by Gasteiger charge is 2.25. The molecule has 0 radical (unpaired) electrons. The summed E-state index contributed by atoms with van der Waals surface area (Å²) >= 11 is 0. The summed E-state index contributed by atoms with van der Waals surface area (Å²) in [5.74, 6) is -0.494. The van der Waals surface area contributed by atoms with Crippen LogP contribution in [0.3, 0.4) is 0 Å². The topological polar surface area (TPSA) is 49.8 Å². The maximum Gasteiger partial charge on any atom is 0.357 e. The number of hydrogen-bond acceptors (Lipinski definition) is 4. The molecule has 1 aliphatic heterocycles. The zero-order valence-electron chi connectivity index (χ0n) is 9.57. The van der Waals surface area contributed by atoms with Crippen molar-refractivity contribution in [2.75, 3.05) is 6.54 Å². The highest BCUT2D eigenvalue weighted by Crippen LogP contribution is 2.19. The molecule has 4 nitrogen and oxygen atoms in total. The number of nitrogens with zero attached hydrogens (tertiary/aromatic N) is 1. The maximum absolute atomic E-state index is 11.7. The minimum atomic E-state index is -0.549. The van der Waals surface area contributed by atoms with Crippen LogP contribution in [-0.2, 0) is 9.53 Å². The molecular weight excluding hydrogens is 194 g/mol. The Morgan fingerprint density at radius 1 is 1.53 bits per heavy atom. The zero-order valence-corrected chi connectivity index (χ0v) is 9.57. The van der Waals surface area contributed by atoms with E-state index in [-0.39, 0.29) is 5.70 Å². The number of allylic oxidation sites excluding steroid dienone is 2. The van der Waals surface area contributed by atoms with Crippen molar-refractivity contribution in [2.24, 2.45) is 0 Å². The highest BCUT2D eigenvalue weighted by molar-refractivity contribution is 5.89. The highest BCUT2D eigenvalue weighted by atomic mass is 16.6. The van der Waals surface area contributed by atoms with Gasteiger partial charge in [0, 0.05) is 0 Å². The third-order valence-electron chi connectivity index (χ3n) is 1.87. The molecule has 0 aromatic heterocycles. The number of carbonyl (C=O) groups excluding carboxylic acids is 1. The Kier molecular flexibility index (Phi) is 3.19. The van der Waals surface area contributed by atoms with Crippen LogP contribution < -0.4 is 0 Å². The fourth-order valence-electron chi connectivity index (χ4n) is 1.30. The number of hydrogen-bond donors (Lipinski definition) is 1. The van der Waals surface area contributed by atoms with Gasteiger partial charge in [-0.3, -0.25) is 5.21 Å². The first kappa shape index (κ1) is 11.8. The maximum atomic E-state index is 11.7. The van der Waals surface area contributed by atoms with E-state index in [1.54, 1.807) is 39.8 Å². The second-order valence-electron chi connectivity index (χ2n) is 4.52. The predicted octanol–water partition coefficient (Wildman–Crippen LogP) is 1.86. The summed E-state index contributed by atoms with van der Waals surface area (Å²) in [7, 11) is 0. The van der Waals surface area contributed by atoms with Crippen LogP contribution in [0.25, 0.3) is 0 Å². The second-order valence-corrected chi connectivity index (χ2v) is 4.52. The molecule has 0 aliphatic carbocycles. The lowest BCUT2D eigenvalue weighted by molar-refractivity contribution is -0.158. The quantitative estimate of drug-likeness (QED) is 0.673. The van der Waals surface area contributed by atoms with Crippen LogP contribution >= 0.6 is 0 Å². The van der Waals surface area contributed by atoms with E-state index < -0.39 is 11.6 Å². The largest absolute Gasteiger partial charge is 0.455 e. The second kappa shape index (κ2) is 4.06. The Labute approximate surface area is 89.8 Å². The van der Waals surface area contributed by atoms with Crippen LogP contribution in [0, 0.1) is 0 Å². The van der Waals surface area contributed by atoms with Crippen molar-refractivity contribution < 1.29 is 14.7 Å². The summed E-state index contributed by atoms with van der Waals surface area (Å²) in [5, 5.41) is 10.4. The first-order valence-electron chi connectivity index (χ1n) is 4.88. The van der Waals surface area contributed by atoms with E-state index in [1.165, 1.54) is 0 Å². The van der Waals surface area contributed by atoms with Gasteiger partial charge in [0.2, 0.25) is 0 Å². The predicted molar refractivity (Wildman–Crippen MR) is 56.2 cm³/mol. The smallest absolute Gasteiger partial charge is 0.357 e. The average molecular weight is 211 g/mol. The zero-order chi connectivity index (χ0) is 11.6. The van der Waals surface area contributed by atoms with E-state index in [0.717, 1.165) is 5.06 Å². The summed E-state index contributed by atoms with van der Waals surface area (Å²) in [5.41, 5.74) is 0.372. The first-order valence-corrected chi connectivity index (χ1v) is 4.88. The van der Waals surface area contributed by atoms with Gasteiger partial charge in [-0.1, -0.05) is 12.2 Å². The fraction of sp³-hybridized carbons (Fsp3) is 0.545. The summed E-state index contributed by atoms with van der Waals surface area (Å²) in [6.45, 7) is 7.45. The Morgan fingerprint density at radius 3 is 2.60 bits per heavy atom. The van der Waals surface area contributed by atoms with Gasteiger partial charge in [-0.25, -0.2) is 9.86 Å². The molecule has 0 amide bonds. The van der Waals surface area contributed by atoms with Gasteiger partial charge in [0.05, 0.1) is 6.54 Å². The molecule has 0 spiro atoms. The molecule has 0 saturated carbocycles. The molecule has 4 heteroatoms. The van der Waals surface area contributed by atoms with Crippen molar-refractivity contribution in [3.63, 3.8) is 0 Å². The summed E-state index contributed by atoms with van der Waals surface area (Å²) in [6, 6.07) is 0. The van der Waals surface area contributed by atoms with Crippen LogP contribution in [-0.4, -0.2) is 28.4 Å². The molecule has 0 saturated heterocycles. The average Bonchev–Trinajstić information content (AvgIpc) is 1.99. The van der Waals surface area contributed by atoms with Crippen molar-refractivity contribution in [1.82, 2.24) is 5.06 Å². The molecule has 1 rings (SSSR count). The number of esters is 1. The minimum Gasteiger partial charge on any atom is -0.455 e. The Morgan fingerprint density at radius 2 is 2.13 bits per heavy atom. The van der Waals surface area contributed by atoms with Gasteiger partial charge in [0.1, 0.15) is 5.60 Å². The minimum absolute atomic E-state index is 0.215. The standard InChI is InChI=1S/C11H17NO3/c1-8-6-5-7-12(14)9(8)10(13)15-11(2,3)4/h5-6,14H,7H2,1-4H3. The molecular formula is C11H17NO3. The van der Waals surface area contributed by atoms with Gasteiger partial charge in [-0.15, -0.1) is 0 Å². The molecule has 0 atom stereocenters. The molecule has 0 aromatic rings. The SMILES string of the molecule is CC1=C(C(=O)OC(C)(C)C)N(O)CC=C1. The van der Waals surface area contributed by atoms with E-state index in [9.17, 15) is 10.0 Å². The van der Waals surface area contributed by atoms with E-state index in [4.69, 9.17) is 4.74 Å². The van der Waals surface area contributed by atoms with E-state index in [2.05, 4.69) is 0 Å². The van der Waals surface area contributed by atoms with Crippen LogP contribution in [0.5, 0.6) is 0 Å². The number of ether oxygens (including phenoxy) is 1. The monoisotopic (exact) mass is 211 g/mol. The third kappa shape index (κ3) is 3.09. The third-order valence-corrected chi connectivity index (χ3v) is 1.87. The van der Waals surface area contributed by atoms with Crippen LogP contribution in [0.2, 0.25) is 0 Å². The Bertz CT molecular complexity index is 323. The van der Waals surface area contributed by atoms with Gasteiger partial charge in [0.25, 0.3) is 0 Å². The van der Waals surface area contributed by atoms with Gasteiger partial charge >= 0.3 is 5.97 Å². The van der Waals surface area contributed by atoms with Gasteiger partial charge in [0.15, 0.2) is 5.70 Å². The molecule has 15 heavy (non-hydrogen) atoms. The number of carbonyl (C=O) groups is 1. The molecule has 1 aliphatic rings. The molecule has 1 N–H and O–H groups in total. The molecule has 0 bridgehead atoms. The van der Waals surface area contributed by atoms with E-state index in [0.29, 0.717) is 12.1 Å². The van der Waals surface area contributed by atoms with Crippen LogP contribution in [0.1, 0.15) is 27.7 Å². The van der Waals surface area contributed by atoms with Gasteiger partial charge in [-0.05, 0) is 33.3 Å². The van der Waals surface area contributed by atoms with Crippen molar-refractivity contribution >= 4 is 5.97 Å². The van der Waals surface area contributed by atoms with E-state index in [1.807, 2.05) is 0 Å². The summed E-state index contributed by atoms with van der Waals surface area (Å²) in [4.78, 5) is 11.7. The lowest BCUT2D eigenvalue weighted by atomic mass is 10.1.